The van der Waals surface area contributed by atoms with Crippen molar-refractivity contribution in [2.45, 2.75) is 13.3 Å². The van der Waals surface area contributed by atoms with E-state index in [0.29, 0.717) is 11.5 Å². The number of hydrogen-bond acceptors (Lipinski definition) is 3. The largest absolute Gasteiger partial charge is 0.463 e. The average Bonchev–Trinajstić information content (AvgIpc) is 3.10. The predicted molar refractivity (Wildman–Crippen MR) is 94.4 cm³/mol. The zero-order chi connectivity index (χ0) is 16.2. The molecule has 0 saturated heterocycles. The Morgan fingerprint density at radius 2 is 1.91 bits per heavy atom. The summed E-state index contributed by atoms with van der Waals surface area (Å²) < 4.78 is 6.25. The molecule has 1 N–H and O–H groups in total. The minimum atomic E-state index is -0.164. The van der Waals surface area contributed by atoms with E-state index in [1.54, 1.807) is 25.3 Å². The summed E-state index contributed by atoms with van der Waals surface area (Å²) in [6, 6.07) is 15.5. The topological polar surface area (TPSA) is 54.6 Å². The number of hydrazone groups is 1. The Bertz CT molecular complexity index is 870. The monoisotopic (exact) mass is 370 g/mol. The van der Waals surface area contributed by atoms with Gasteiger partial charge in [-0.15, -0.1) is 0 Å². The lowest BCUT2D eigenvalue weighted by atomic mass is 10.0. The number of benzene rings is 2. The molecule has 3 rings (SSSR count). The number of furan rings is 1. The molecule has 0 spiro atoms. The van der Waals surface area contributed by atoms with E-state index < -0.39 is 0 Å². The van der Waals surface area contributed by atoms with E-state index in [2.05, 4.69) is 26.5 Å². The summed E-state index contributed by atoms with van der Waals surface area (Å²) in [5.74, 6) is 0.475. The third-order valence-corrected chi connectivity index (χ3v) is 4.23. The van der Waals surface area contributed by atoms with Crippen LogP contribution in [0.3, 0.4) is 0 Å². The number of hydrogen-bond donors (Lipinski definition) is 1. The fraction of sp³-hybridized carbons (Fsp3) is 0.111. The van der Waals surface area contributed by atoms with E-state index >= 15 is 0 Å². The van der Waals surface area contributed by atoms with Crippen molar-refractivity contribution in [3.8, 4) is 0 Å². The van der Waals surface area contributed by atoms with Crippen LogP contribution >= 0.6 is 15.9 Å². The summed E-state index contributed by atoms with van der Waals surface area (Å²) in [7, 11) is 0. The molecule has 2 aromatic carbocycles. The van der Waals surface area contributed by atoms with E-state index in [1.807, 2.05) is 36.4 Å². The highest BCUT2D eigenvalue weighted by atomic mass is 79.9. The van der Waals surface area contributed by atoms with Gasteiger partial charge in [-0.3, -0.25) is 4.79 Å². The van der Waals surface area contributed by atoms with Gasteiger partial charge in [0.05, 0.1) is 12.7 Å². The Labute approximate surface area is 142 Å². The highest BCUT2D eigenvalue weighted by Gasteiger charge is 2.09. The molecule has 0 aliphatic heterocycles. The van der Waals surface area contributed by atoms with Gasteiger partial charge < -0.3 is 4.42 Å². The molecule has 0 fully saturated rings. The molecule has 0 unspecified atom stereocenters. The number of halogens is 1. The Hall–Kier alpha value is -2.40. The van der Waals surface area contributed by atoms with Crippen molar-refractivity contribution in [1.29, 1.82) is 0 Å². The first-order chi connectivity index (χ1) is 11.1. The van der Waals surface area contributed by atoms with Gasteiger partial charge in [0.25, 0.3) is 0 Å². The third-order valence-electron chi connectivity index (χ3n) is 3.54. The Balaban J connectivity index is 1.76. The number of carbonyl (C=O) groups excluding carboxylic acids is 1. The molecular weight excluding hydrogens is 356 g/mol. The van der Waals surface area contributed by atoms with Gasteiger partial charge in [-0.25, -0.2) is 5.43 Å². The average molecular weight is 371 g/mol. The van der Waals surface area contributed by atoms with Crippen LogP contribution in [0.4, 0.5) is 0 Å². The Kier molecular flexibility index (Phi) is 4.57. The van der Waals surface area contributed by atoms with Crippen molar-refractivity contribution in [2.75, 3.05) is 0 Å². The van der Waals surface area contributed by atoms with Crippen molar-refractivity contribution in [1.82, 2.24) is 5.43 Å². The molecule has 0 bridgehead atoms. The van der Waals surface area contributed by atoms with E-state index in [1.165, 1.54) is 0 Å². The molecule has 116 valence electrons. The first-order valence-corrected chi connectivity index (χ1v) is 7.97. The van der Waals surface area contributed by atoms with Crippen LogP contribution in [0.25, 0.3) is 10.8 Å². The minimum Gasteiger partial charge on any atom is -0.463 e. The SMILES string of the molecule is C/C(=N/NC(=O)Cc1ccc(Br)c2ccccc12)c1ccco1. The van der Waals surface area contributed by atoms with Crippen LogP contribution in [0.15, 0.2) is 68.8 Å². The van der Waals surface area contributed by atoms with Crippen molar-refractivity contribution in [2.24, 2.45) is 5.10 Å². The lowest BCUT2D eigenvalue weighted by Gasteiger charge is -2.07. The number of nitrogens with zero attached hydrogens (tertiary/aromatic N) is 1. The summed E-state index contributed by atoms with van der Waals surface area (Å²) >= 11 is 3.54. The van der Waals surface area contributed by atoms with Crippen molar-refractivity contribution in [3.05, 3.63) is 70.6 Å². The molecule has 1 amide bonds. The molecule has 3 aromatic rings. The lowest BCUT2D eigenvalue weighted by molar-refractivity contribution is -0.120. The zero-order valence-electron chi connectivity index (χ0n) is 12.5. The van der Waals surface area contributed by atoms with Gasteiger partial charge in [-0.05, 0) is 41.5 Å². The van der Waals surface area contributed by atoms with Crippen LogP contribution in [0, 0.1) is 0 Å². The predicted octanol–water partition coefficient (Wildman–Crippen LogP) is 4.28. The van der Waals surface area contributed by atoms with Crippen LogP contribution < -0.4 is 5.43 Å². The summed E-state index contributed by atoms with van der Waals surface area (Å²) in [6.45, 7) is 1.79. The maximum atomic E-state index is 12.2. The standard InChI is InChI=1S/C18H15BrN2O2/c1-12(17-7-4-10-23-17)20-21-18(22)11-13-8-9-16(19)15-6-3-2-5-14(13)15/h2-10H,11H2,1H3,(H,21,22)/b20-12-. The molecule has 0 atom stereocenters. The van der Waals surface area contributed by atoms with Gasteiger partial charge in [0.15, 0.2) is 0 Å². The van der Waals surface area contributed by atoms with Gasteiger partial charge in [0.2, 0.25) is 5.91 Å². The molecule has 0 saturated carbocycles. The van der Waals surface area contributed by atoms with Gasteiger partial charge in [0.1, 0.15) is 11.5 Å². The second-order valence-electron chi connectivity index (χ2n) is 5.14. The summed E-state index contributed by atoms with van der Waals surface area (Å²) in [6.07, 6.45) is 1.84. The van der Waals surface area contributed by atoms with Gasteiger partial charge in [0, 0.05) is 4.47 Å². The van der Waals surface area contributed by atoms with Crippen LogP contribution in [0.2, 0.25) is 0 Å². The lowest BCUT2D eigenvalue weighted by Crippen LogP contribution is -2.21. The molecule has 0 aliphatic rings. The Morgan fingerprint density at radius 1 is 1.13 bits per heavy atom. The molecule has 5 heteroatoms. The molecule has 4 nitrogen and oxygen atoms in total. The fourth-order valence-electron chi connectivity index (χ4n) is 2.38. The minimum absolute atomic E-state index is 0.164. The van der Waals surface area contributed by atoms with Gasteiger partial charge in [-0.2, -0.15) is 5.10 Å². The molecular formula is C18H15BrN2O2. The van der Waals surface area contributed by atoms with Crippen molar-refractivity contribution >= 4 is 38.3 Å². The van der Waals surface area contributed by atoms with E-state index in [-0.39, 0.29) is 12.3 Å². The molecule has 1 aromatic heterocycles. The number of amides is 1. The second kappa shape index (κ2) is 6.79. The summed E-state index contributed by atoms with van der Waals surface area (Å²) in [5, 5.41) is 6.22. The molecule has 0 aliphatic carbocycles. The summed E-state index contributed by atoms with van der Waals surface area (Å²) in [5.41, 5.74) is 4.17. The van der Waals surface area contributed by atoms with Crippen molar-refractivity contribution < 1.29 is 9.21 Å². The number of fused-ring (bicyclic) bond motifs is 1. The fourth-order valence-corrected chi connectivity index (χ4v) is 2.86. The first-order valence-electron chi connectivity index (χ1n) is 7.18. The van der Waals surface area contributed by atoms with Crippen LogP contribution in [0.1, 0.15) is 18.2 Å². The number of rotatable bonds is 4. The summed E-state index contributed by atoms with van der Waals surface area (Å²) in [4.78, 5) is 12.2. The van der Waals surface area contributed by atoms with Crippen LogP contribution in [0.5, 0.6) is 0 Å². The van der Waals surface area contributed by atoms with Gasteiger partial charge in [-0.1, -0.05) is 46.3 Å². The highest BCUT2D eigenvalue weighted by Crippen LogP contribution is 2.27. The zero-order valence-corrected chi connectivity index (χ0v) is 14.1. The molecule has 1 heterocycles. The molecule has 0 radical (unpaired) electrons. The smallest absolute Gasteiger partial charge is 0.244 e. The first kappa shape index (κ1) is 15.5. The van der Waals surface area contributed by atoms with Gasteiger partial charge >= 0.3 is 0 Å². The quantitative estimate of drug-likeness (QED) is 0.550. The Morgan fingerprint density at radius 3 is 2.65 bits per heavy atom. The van der Waals surface area contributed by atoms with Crippen LogP contribution in [-0.4, -0.2) is 11.6 Å². The van der Waals surface area contributed by atoms with E-state index in [9.17, 15) is 4.79 Å². The second-order valence-corrected chi connectivity index (χ2v) is 5.99. The number of nitrogens with one attached hydrogen (secondary N) is 1. The van der Waals surface area contributed by atoms with E-state index in [0.717, 1.165) is 20.8 Å². The number of carbonyl (C=O) groups is 1. The van der Waals surface area contributed by atoms with E-state index in [4.69, 9.17) is 4.42 Å². The maximum Gasteiger partial charge on any atom is 0.244 e. The van der Waals surface area contributed by atoms with Crippen molar-refractivity contribution in [3.63, 3.8) is 0 Å². The highest BCUT2D eigenvalue weighted by molar-refractivity contribution is 9.10. The molecule has 23 heavy (non-hydrogen) atoms. The normalized spacial score (nSPS) is 11.7. The maximum absolute atomic E-state index is 12.2. The van der Waals surface area contributed by atoms with Crippen LogP contribution in [-0.2, 0) is 11.2 Å². The third kappa shape index (κ3) is 3.51.